The molecule has 0 bridgehead atoms. The van der Waals surface area contributed by atoms with Crippen molar-refractivity contribution in [1.82, 2.24) is 20.1 Å². The second-order valence-electron chi connectivity index (χ2n) is 3.69. The molecule has 0 aromatic carbocycles. The Bertz CT molecular complexity index is 306. The second-order valence-corrected chi connectivity index (χ2v) is 3.69. The molecular formula is C9H15N5. The van der Waals surface area contributed by atoms with Crippen LogP contribution >= 0.6 is 0 Å². The fourth-order valence-corrected chi connectivity index (χ4v) is 1.51. The third-order valence-electron chi connectivity index (χ3n) is 2.45. The highest BCUT2D eigenvalue weighted by atomic mass is 15.3. The number of piperazine rings is 1. The first kappa shape index (κ1) is 9.33. The van der Waals surface area contributed by atoms with Crippen LogP contribution in [0.25, 0.3) is 0 Å². The number of rotatable bonds is 1. The van der Waals surface area contributed by atoms with Crippen LogP contribution in [0.4, 0.5) is 5.95 Å². The summed E-state index contributed by atoms with van der Waals surface area (Å²) in [5, 5.41) is 7.95. The molecule has 0 radical (unpaired) electrons. The Morgan fingerprint density at radius 2 is 1.93 bits per heavy atom. The van der Waals surface area contributed by atoms with E-state index >= 15 is 0 Å². The van der Waals surface area contributed by atoms with Crippen LogP contribution < -0.4 is 4.90 Å². The van der Waals surface area contributed by atoms with Crippen LogP contribution in [-0.4, -0.2) is 53.3 Å². The maximum Gasteiger partial charge on any atom is 0.245 e. The number of aromatic nitrogens is 3. The average molecular weight is 193 g/mol. The summed E-state index contributed by atoms with van der Waals surface area (Å²) in [7, 11) is 2.13. The average Bonchev–Trinajstić information content (AvgIpc) is 2.19. The first-order chi connectivity index (χ1) is 6.75. The Balaban J connectivity index is 2.08. The van der Waals surface area contributed by atoms with Crippen LogP contribution in [0, 0.1) is 6.92 Å². The van der Waals surface area contributed by atoms with E-state index in [1.165, 1.54) is 0 Å². The number of hydrogen-bond acceptors (Lipinski definition) is 5. The molecule has 5 nitrogen and oxygen atoms in total. The molecule has 2 rings (SSSR count). The van der Waals surface area contributed by atoms with Crippen molar-refractivity contribution in [2.24, 2.45) is 0 Å². The van der Waals surface area contributed by atoms with Gasteiger partial charge in [-0.25, -0.2) is 4.98 Å². The van der Waals surface area contributed by atoms with Gasteiger partial charge < -0.3 is 9.80 Å². The number of hydrogen-bond donors (Lipinski definition) is 0. The topological polar surface area (TPSA) is 45.2 Å². The molecule has 76 valence electrons. The Hall–Kier alpha value is -1.23. The lowest BCUT2D eigenvalue weighted by molar-refractivity contribution is 0.310. The SMILES string of the molecule is Cc1cnnc(N2CCN(C)CC2)n1. The normalized spacial score (nSPS) is 18.6. The maximum absolute atomic E-state index is 4.36. The molecule has 14 heavy (non-hydrogen) atoms. The van der Waals surface area contributed by atoms with Gasteiger partial charge in [-0.15, -0.1) is 5.10 Å². The standard InChI is InChI=1S/C9H15N5/c1-8-7-10-12-9(11-8)14-5-3-13(2)4-6-14/h7H,3-6H2,1-2H3. The zero-order valence-corrected chi connectivity index (χ0v) is 8.64. The monoisotopic (exact) mass is 193 g/mol. The predicted molar refractivity (Wildman–Crippen MR) is 54.3 cm³/mol. The number of anilines is 1. The third-order valence-corrected chi connectivity index (χ3v) is 2.45. The van der Waals surface area contributed by atoms with Crippen LogP contribution in [0.1, 0.15) is 5.69 Å². The smallest absolute Gasteiger partial charge is 0.245 e. The zero-order valence-electron chi connectivity index (χ0n) is 8.64. The number of nitrogens with zero attached hydrogens (tertiary/aromatic N) is 5. The molecule has 0 aliphatic carbocycles. The largest absolute Gasteiger partial charge is 0.337 e. The van der Waals surface area contributed by atoms with E-state index in [-0.39, 0.29) is 0 Å². The molecule has 5 heteroatoms. The highest BCUT2D eigenvalue weighted by molar-refractivity contribution is 5.29. The molecule has 0 atom stereocenters. The third kappa shape index (κ3) is 1.98. The van der Waals surface area contributed by atoms with Crippen molar-refractivity contribution in [2.45, 2.75) is 6.92 Å². The molecule has 1 aliphatic heterocycles. The van der Waals surface area contributed by atoms with Crippen LogP contribution in [0.3, 0.4) is 0 Å². The molecule has 0 spiro atoms. The van der Waals surface area contributed by atoms with E-state index in [9.17, 15) is 0 Å². The van der Waals surface area contributed by atoms with E-state index in [1.807, 2.05) is 6.92 Å². The highest BCUT2D eigenvalue weighted by Gasteiger charge is 2.16. The van der Waals surface area contributed by atoms with Gasteiger partial charge in [0.15, 0.2) is 0 Å². The molecule has 0 N–H and O–H groups in total. The molecule has 0 amide bonds. The molecule has 1 aromatic heterocycles. The van der Waals surface area contributed by atoms with Gasteiger partial charge in [0, 0.05) is 26.2 Å². The molecule has 1 aromatic rings. The minimum absolute atomic E-state index is 0.762. The quantitative estimate of drug-likeness (QED) is 0.625. The second kappa shape index (κ2) is 3.88. The van der Waals surface area contributed by atoms with Crippen LogP contribution in [0.15, 0.2) is 6.20 Å². The van der Waals surface area contributed by atoms with Crippen molar-refractivity contribution >= 4 is 5.95 Å². The van der Waals surface area contributed by atoms with E-state index in [4.69, 9.17) is 0 Å². The van der Waals surface area contributed by atoms with E-state index in [1.54, 1.807) is 6.20 Å². The fraction of sp³-hybridized carbons (Fsp3) is 0.667. The van der Waals surface area contributed by atoms with Gasteiger partial charge in [-0.05, 0) is 14.0 Å². The lowest BCUT2D eigenvalue weighted by atomic mass is 10.3. The van der Waals surface area contributed by atoms with Gasteiger partial charge in [-0.2, -0.15) is 5.10 Å². The van der Waals surface area contributed by atoms with Crippen LogP contribution in [0.5, 0.6) is 0 Å². The Kier molecular flexibility index (Phi) is 2.58. The molecule has 1 fully saturated rings. The highest BCUT2D eigenvalue weighted by Crippen LogP contribution is 2.08. The Morgan fingerprint density at radius 1 is 1.21 bits per heavy atom. The van der Waals surface area contributed by atoms with Crippen molar-refractivity contribution < 1.29 is 0 Å². The Labute approximate surface area is 83.8 Å². The van der Waals surface area contributed by atoms with Gasteiger partial charge >= 0.3 is 0 Å². The molecule has 0 unspecified atom stereocenters. The molecule has 1 saturated heterocycles. The maximum atomic E-state index is 4.36. The zero-order chi connectivity index (χ0) is 9.97. The summed E-state index contributed by atoms with van der Waals surface area (Å²) in [6.07, 6.45) is 1.68. The number of likely N-dealkylation sites (N-methyl/N-ethyl adjacent to an activating group) is 1. The molecule has 1 aliphatic rings. The lowest BCUT2D eigenvalue weighted by Gasteiger charge is -2.32. The van der Waals surface area contributed by atoms with Crippen molar-refractivity contribution in [3.63, 3.8) is 0 Å². The summed E-state index contributed by atoms with van der Waals surface area (Å²) >= 11 is 0. The van der Waals surface area contributed by atoms with Crippen molar-refractivity contribution in [1.29, 1.82) is 0 Å². The van der Waals surface area contributed by atoms with Crippen LogP contribution in [0.2, 0.25) is 0 Å². The van der Waals surface area contributed by atoms with E-state index in [0.29, 0.717) is 0 Å². The summed E-state index contributed by atoms with van der Waals surface area (Å²) in [6.45, 7) is 6.05. The van der Waals surface area contributed by atoms with Crippen molar-refractivity contribution in [3.8, 4) is 0 Å². The van der Waals surface area contributed by atoms with Crippen molar-refractivity contribution in [3.05, 3.63) is 11.9 Å². The predicted octanol–water partition coefficient (Wildman–Crippen LogP) is -0.0682. The summed E-state index contributed by atoms with van der Waals surface area (Å²) in [5.41, 5.74) is 0.925. The summed E-state index contributed by atoms with van der Waals surface area (Å²) in [5.74, 6) is 0.762. The minimum atomic E-state index is 0.762. The first-order valence-corrected chi connectivity index (χ1v) is 4.85. The van der Waals surface area contributed by atoms with Gasteiger partial charge in [-0.1, -0.05) is 0 Å². The Morgan fingerprint density at radius 3 is 2.57 bits per heavy atom. The van der Waals surface area contributed by atoms with Crippen molar-refractivity contribution in [2.75, 3.05) is 38.1 Å². The van der Waals surface area contributed by atoms with Gasteiger partial charge in [0.25, 0.3) is 0 Å². The summed E-state index contributed by atoms with van der Waals surface area (Å²) in [6, 6.07) is 0. The lowest BCUT2D eigenvalue weighted by Crippen LogP contribution is -2.45. The van der Waals surface area contributed by atoms with Gasteiger partial charge in [0.05, 0.1) is 11.9 Å². The summed E-state index contributed by atoms with van der Waals surface area (Å²) in [4.78, 5) is 8.84. The minimum Gasteiger partial charge on any atom is -0.337 e. The molecule has 0 saturated carbocycles. The summed E-state index contributed by atoms with van der Waals surface area (Å²) < 4.78 is 0. The number of aryl methyl sites for hydroxylation is 1. The first-order valence-electron chi connectivity index (χ1n) is 4.85. The van der Waals surface area contributed by atoms with Gasteiger partial charge in [0.1, 0.15) is 0 Å². The van der Waals surface area contributed by atoms with E-state index in [2.05, 4.69) is 32.0 Å². The van der Waals surface area contributed by atoms with E-state index < -0.39 is 0 Å². The van der Waals surface area contributed by atoms with Crippen LogP contribution in [-0.2, 0) is 0 Å². The van der Waals surface area contributed by atoms with Gasteiger partial charge in [0.2, 0.25) is 5.95 Å². The molecular weight excluding hydrogens is 178 g/mol. The fourth-order valence-electron chi connectivity index (χ4n) is 1.51. The van der Waals surface area contributed by atoms with Gasteiger partial charge in [-0.3, -0.25) is 0 Å². The van der Waals surface area contributed by atoms with E-state index in [0.717, 1.165) is 37.8 Å². The molecule has 2 heterocycles.